The van der Waals surface area contributed by atoms with Gasteiger partial charge < -0.3 is 15.3 Å². The number of benzene rings is 2. The lowest BCUT2D eigenvalue weighted by molar-refractivity contribution is 0.453. The molecule has 0 saturated carbocycles. The van der Waals surface area contributed by atoms with E-state index in [4.69, 9.17) is 0 Å². The van der Waals surface area contributed by atoms with Gasteiger partial charge in [0, 0.05) is 16.3 Å². The van der Waals surface area contributed by atoms with Crippen molar-refractivity contribution in [3.05, 3.63) is 47.5 Å². The number of aromatic hydroxyl groups is 3. The van der Waals surface area contributed by atoms with Gasteiger partial charge in [0.1, 0.15) is 17.2 Å². The Morgan fingerprint density at radius 1 is 0.833 bits per heavy atom. The molecule has 0 spiro atoms. The van der Waals surface area contributed by atoms with Crippen molar-refractivity contribution in [2.45, 2.75) is 0 Å². The fourth-order valence-electron chi connectivity index (χ4n) is 1.65. The molecule has 2 rings (SSSR count). The van der Waals surface area contributed by atoms with E-state index in [-0.39, 0.29) is 17.2 Å². The molecule has 0 saturated heterocycles. The number of hydrogen-bond acceptors (Lipinski definition) is 3. The van der Waals surface area contributed by atoms with Crippen LogP contribution in [-0.2, 0) is 0 Å². The van der Waals surface area contributed by atoms with Crippen LogP contribution < -0.4 is 5.19 Å². The molecule has 0 unspecified atom stereocenters. The van der Waals surface area contributed by atoms with Gasteiger partial charge in [-0.2, -0.15) is 0 Å². The van der Waals surface area contributed by atoms with Gasteiger partial charge in [-0.25, -0.2) is 0 Å². The molecule has 0 amide bonds. The van der Waals surface area contributed by atoms with Gasteiger partial charge in [0.15, 0.2) is 0 Å². The van der Waals surface area contributed by atoms with Crippen LogP contribution in [0.25, 0.3) is 12.2 Å². The second-order valence-corrected chi connectivity index (χ2v) is 5.10. The van der Waals surface area contributed by atoms with E-state index in [1.807, 2.05) is 12.2 Å². The Labute approximate surface area is 108 Å². The lowest BCUT2D eigenvalue weighted by Crippen LogP contribution is -2.07. The first kappa shape index (κ1) is 12.3. The van der Waals surface area contributed by atoms with Gasteiger partial charge in [-0.3, -0.25) is 0 Å². The molecule has 0 aromatic heterocycles. The second kappa shape index (κ2) is 4.97. The molecule has 0 aliphatic rings. The topological polar surface area (TPSA) is 60.7 Å². The van der Waals surface area contributed by atoms with E-state index in [0.29, 0.717) is 10.2 Å². The van der Waals surface area contributed by atoms with E-state index in [0.717, 1.165) is 16.3 Å². The van der Waals surface area contributed by atoms with E-state index in [1.54, 1.807) is 30.3 Å². The summed E-state index contributed by atoms with van der Waals surface area (Å²) in [7, 11) is 0.698. The predicted octanol–water partition coefficient (Wildman–Crippen LogP) is 0.964. The summed E-state index contributed by atoms with van der Waals surface area (Å²) in [5.41, 5.74) is 1.75. The van der Waals surface area contributed by atoms with Gasteiger partial charge >= 0.3 is 0 Å². The average Bonchev–Trinajstić information content (AvgIpc) is 2.34. The molecule has 3 nitrogen and oxygen atoms in total. The number of rotatable bonds is 2. The summed E-state index contributed by atoms with van der Waals surface area (Å²) in [6, 6.07) is 9.78. The SMILES string of the molecule is Oc1ccc(C=Cc2cc(O)cc(O)c2[SiH3])cc1. The molecule has 18 heavy (non-hydrogen) atoms. The zero-order valence-corrected chi connectivity index (χ0v) is 12.0. The Morgan fingerprint density at radius 3 is 2.17 bits per heavy atom. The van der Waals surface area contributed by atoms with Crippen molar-refractivity contribution in [3.63, 3.8) is 0 Å². The van der Waals surface area contributed by atoms with E-state index in [9.17, 15) is 15.3 Å². The van der Waals surface area contributed by atoms with Crippen LogP contribution in [0.4, 0.5) is 0 Å². The van der Waals surface area contributed by atoms with Crippen LogP contribution in [0.15, 0.2) is 36.4 Å². The molecular formula is C14H14O3Si. The van der Waals surface area contributed by atoms with Gasteiger partial charge in [0.25, 0.3) is 0 Å². The Morgan fingerprint density at radius 2 is 1.50 bits per heavy atom. The van der Waals surface area contributed by atoms with Crippen molar-refractivity contribution in [2.75, 3.05) is 0 Å². The van der Waals surface area contributed by atoms with E-state index in [2.05, 4.69) is 0 Å². The largest absolute Gasteiger partial charge is 0.508 e. The third kappa shape index (κ3) is 2.72. The third-order valence-corrected chi connectivity index (χ3v) is 3.84. The molecule has 0 aliphatic heterocycles. The van der Waals surface area contributed by atoms with Crippen molar-refractivity contribution >= 4 is 27.6 Å². The molecule has 2 aromatic carbocycles. The number of phenols is 3. The smallest absolute Gasteiger partial charge is 0.119 e. The van der Waals surface area contributed by atoms with E-state index in [1.165, 1.54) is 6.07 Å². The molecule has 0 radical (unpaired) electrons. The average molecular weight is 258 g/mol. The highest BCUT2D eigenvalue weighted by Gasteiger charge is 2.02. The minimum Gasteiger partial charge on any atom is -0.508 e. The molecule has 0 atom stereocenters. The van der Waals surface area contributed by atoms with Gasteiger partial charge in [0.2, 0.25) is 0 Å². The lowest BCUT2D eigenvalue weighted by atomic mass is 10.1. The van der Waals surface area contributed by atoms with Crippen LogP contribution in [0, 0.1) is 0 Å². The fourth-order valence-corrected chi connectivity index (χ4v) is 2.11. The summed E-state index contributed by atoms with van der Waals surface area (Å²) in [6.07, 6.45) is 3.71. The minimum atomic E-state index is 0.0532. The first-order valence-electron chi connectivity index (χ1n) is 5.56. The first-order chi connectivity index (χ1) is 8.56. The molecule has 3 N–H and O–H groups in total. The monoisotopic (exact) mass is 258 g/mol. The summed E-state index contributed by atoms with van der Waals surface area (Å²) in [5.74, 6) is 0.412. The van der Waals surface area contributed by atoms with Crippen molar-refractivity contribution in [1.29, 1.82) is 0 Å². The molecule has 2 aromatic rings. The highest BCUT2D eigenvalue weighted by Crippen LogP contribution is 2.19. The predicted molar refractivity (Wildman–Crippen MR) is 76.4 cm³/mol. The van der Waals surface area contributed by atoms with Gasteiger partial charge in [-0.05, 0) is 34.5 Å². The summed E-state index contributed by atoms with van der Waals surface area (Å²) in [4.78, 5) is 0. The van der Waals surface area contributed by atoms with Crippen LogP contribution in [-0.4, -0.2) is 25.6 Å². The normalized spacial score (nSPS) is 11.1. The summed E-state index contributed by atoms with van der Waals surface area (Å²) >= 11 is 0. The Balaban J connectivity index is 2.31. The Hall–Kier alpha value is -2.20. The standard InChI is InChI=1S/C14H14O3Si/c15-11-5-2-9(3-6-11)1-4-10-7-12(16)8-13(17)14(10)18/h1-8,15-17H,18H3. The lowest BCUT2D eigenvalue weighted by Gasteiger charge is -2.04. The van der Waals surface area contributed by atoms with Gasteiger partial charge in [-0.15, -0.1) is 0 Å². The van der Waals surface area contributed by atoms with E-state index >= 15 is 0 Å². The van der Waals surface area contributed by atoms with Crippen LogP contribution in [0.3, 0.4) is 0 Å². The fraction of sp³-hybridized carbons (Fsp3) is 0. The summed E-state index contributed by atoms with van der Waals surface area (Å²) in [6.45, 7) is 0. The maximum Gasteiger partial charge on any atom is 0.119 e. The number of phenolic OH excluding ortho intramolecular Hbond substituents is 3. The third-order valence-electron chi connectivity index (χ3n) is 2.75. The maximum atomic E-state index is 9.62. The van der Waals surface area contributed by atoms with Gasteiger partial charge in [-0.1, -0.05) is 24.3 Å². The van der Waals surface area contributed by atoms with Crippen molar-refractivity contribution < 1.29 is 15.3 Å². The highest BCUT2D eigenvalue weighted by molar-refractivity contribution is 6.36. The Bertz CT molecular complexity index is 589. The first-order valence-corrected chi connectivity index (χ1v) is 6.56. The molecule has 0 heterocycles. The summed E-state index contributed by atoms with van der Waals surface area (Å²) in [5, 5.41) is 29.1. The second-order valence-electron chi connectivity index (χ2n) is 4.10. The zero-order chi connectivity index (χ0) is 13.1. The van der Waals surface area contributed by atoms with Crippen molar-refractivity contribution in [3.8, 4) is 17.2 Å². The van der Waals surface area contributed by atoms with E-state index < -0.39 is 0 Å². The molecule has 4 heteroatoms. The van der Waals surface area contributed by atoms with Crippen molar-refractivity contribution in [1.82, 2.24) is 0 Å². The molecule has 0 fully saturated rings. The molecule has 0 aliphatic carbocycles. The molecule has 0 bridgehead atoms. The summed E-state index contributed by atoms with van der Waals surface area (Å²) < 4.78 is 0. The van der Waals surface area contributed by atoms with Crippen LogP contribution in [0.2, 0.25) is 0 Å². The molecular weight excluding hydrogens is 244 g/mol. The highest BCUT2D eigenvalue weighted by atomic mass is 28.1. The van der Waals surface area contributed by atoms with Crippen molar-refractivity contribution in [2.24, 2.45) is 0 Å². The van der Waals surface area contributed by atoms with Crippen LogP contribution in [0.5, 0.6) is 17.2 Å². The maximum absolute atomic E-state index is 9.62. The zero-order valence-electron chi connectivity index (χ0n) is 9.96. The molecule has 92 valence electrons. The van der Waals surface area contributed by atoms with Crippen LogP contribution in [0.1, 0.15) is 11.1 Å². The van der Waals surface area contributed by atoms with Crippen LogP contribution >= 0.6 is 0 Å². The van der Waals surface area contributed by atoms with Gasteiger partial charge in [0.05, 0.1) is 0 Å². The Kier molecular flexibility index (Phi) is 3.39. The minimum absolute atomic E-state index is 0.0532. The quantitative estimate of drug-likeness (QED) is 0.555. The number of hydrogen-bond donors (Lipinski definition) is 3.